The van der Waals surface area contributed by atoms with E-state index in [-0.39, 0.29) is 24.0 Å². The molecule has 0 fully saturated rings. The Bertz CT molecular complexity index is 995. The molecule has 0 atom stereocenters. The van der Waals surface area contributed by atoms with Crippen molar-refractivity contribution in [2.45, 2.75) is 26.2 Å². The summed E-state index contributed by atoms with van der Waals surface area (Å²) in [4.78, 5) is 4.43. The second-order valence-corrected chi connectivity index (χ2v) is 7.36. The first-order chi connectivity index (χ1) is 15.7. The molecule has 7 heteroatoms. The van der Waals surface area contributed by atoms with Crippen molar-refractivity contribution in [2.24, 2.45) is 10.7 Å². The van der Waals surface area contributed by atoms with Crippen molar-refractivity contribution in [3.63, 3.8) is 0 Å². The molecule has 0 radical (unpaired) electrons. The van der Waals surface area contributed by atoms with Gasteiger partial charge >= 0.3 is 0 Å². The third-order valence-electron chi connectivity index (χ3n) is 5.00. The van der Waals surface area contributed by atoms with Crippen LogP contribution in [0.5, 0.6) is 11.5 Å². The molecular weight excluding hydrogens is 529 g/mol. The normalized spacial score (nSPS) is 10.9. The average Bonchev–Trinajstić information content (AvgIpc) is 2.84. The molecule has 0 amide bonds. The third kappa shape index (κ3) is 8.94. The van der Waals surface area contributed by atoms with Crippen LogP contribution in [0.2, 0.25) is 0 Å². The van der Waals surface area contributed by atoms with Crippen LogP contribution in [0.1, 0.15) is 22.3 Å². The van der Waals surface area contributed by atoms with Crippen LogP contribution in [-0.2, 0) is 30.9 Å². The van der Waals surface area contributed by atoms with Gasteiger partial charge in [0.15, 0.2) is 17.5 Å². The van der Waals surface area contributed by atoms with E-state index in [2.05, 4.69) is 46.7 Å². The molecule has 0 aliphatic heterocycles. The van der Waals surface area contributed by atoms with E-state index in [9.17, 15) is 0 Å². The monoisotopic (exact) mass is 561 g/mol. The maximum Gasteiger partial charge on any atom is 0.188 e. The SMILES string of the molecule is COc1ccc(CCNC(N)=NCc2ccc(COCc3ccccc3)cc2)cc1OC.I. The molecule has 0 aromatic heterocycles. The van der Waals surface area contributed by atoms with Crippen molar-refractivity contribution >= 4 is 29.9 Å². The van der Waals surface area contributed by atoms with Crippen molar-refractivity contribution in [1.82, 2.24) is 5.32 Å². The number of hydrogen-bond acceptors (Lipinski definition) is 4. The highest BCUT2D eigenvalue weighted by molar-refractivity contribution is 14.0. The molecule has 0 saturated heterocycles. The smallest absolute Gasteiger partial charge is 0.188 e. The average molecular weight is 561 g/mol. The Hall–Kier alpha value is -2.78. The lowest BCUT2D eigenvalue weighted by atomic mass is 10.1. The van der Waals surface area contributed by atoms with E-state index in [1.54, 1.807) is 14.2 Å². The van der Waals surface area contributed by atoms with Gasteiger partial charge in [0.1, 0.15) is 0 Å². The summed E-state index contributed by atoms with van der Waals surface area (Å²) in [5, 5.41) is 3.16. The number of halogens is 1. The Kier molecular flexibility index (Phi) is 11.5. The van der Waals surface area contributed by atoms with Gasteiger partial charge in [-0.3, -0.25) is 0 Å². The van der Waals surface area contributed by atoms with Gasteiger partial charge < -0.3 is 25.3 Å². The first-order valence-electron chi connectivity index (χ1n) is 10.6. The van der Waals surface area contributed by atoms with E-state index < -0.39 is 0 Å². The standard InChI is InChI=1S/C26H31N3O3.HI/c1-30-24-13-12-20(16-25(24)31-2)14-15-28-26(27)29-17-21-8-10-23(11-9-21)19-32-18-22-6-4-3-5-7-22;/h3-13,16H,14-15,17-19H2,1-2H3,(H3,27,28,29);1H. The molecule has 3 aromatic rings. The molecular formula is C26H32IN3O3. The first kappa shape index (κ1) is 26.5. The van der Waals surface area contributed by atoms with Crippen LogP contribution >= 0.6 is 24.0 Å². The highest BCUT2D eigenvalue weighted by Crippen LogP contribution is 2.27. The minimum absolute atomic E-state index is 0. The molecule has 6 nitrogen and oxygen atoms in total. The van der Waals surface area contributed by atoms with Crippen LogP contribution in [0.15, 0.2) is 77.8 Å². The molecule has 0 aliphatic rings. The molecule has 3 rings (SSSR count). The fourth-order valence-corrected chi connectivity index (χ4v) is 3.21. The Morgan fingerprint density at radius 3 is 2.06 bits per heavy atom. The summed E-state index contributed by atoms with van der Waals surface area (Å²) >= 11 is 0. The fraction of sp³-hybridized carbons (Fsp3) is 0.269. The van der Waals surface area contributed by atoms with Crippen molar-refractivity contribution in [3.05, 3.63) is 95.1 Å². The Balaban J connectivity index is 0.00000385. The van der Waals surface area contributed by atoms with E-state index in [0.717, 1.165) is 34.6 Å². The largest absolute Gasteiger partial charge is 0.493 e. The van der Waals surface area contributed by atoms with Crippen molar-refractivity contribution in [1.29, 1.82) is 0 Å². The molecule has 176 valence electrons. The van der Waals surface area contributed by atoms with Gasteiger partial charge in [0.2, 0.25) is 0 Å². The van der Waals surface area contributed by atoms with Crippen molar-refractivity contribution in [2.75, 3.05) is 20.8 Å². The van der Waals surface area contributed by atoms with Crippen LogP contribution in [-0.4, -0.2) is 26.7 Å². The van der Waals surface area contributed by atoms with Crippen LogP contribution in [0.3, 0.4) is 0 Å². The van der Waals surface area contributed by atoms with Crippen molar-refractivity contribution < 1.29 is 14.2 Å². The zero-order valence-electron chi connectivity index (χ0n) is 19.1. The molecule has 3 aromatic carbocycles. The summed E-state index contributed by atoms with van der Waals surface area (Å²) in [7, 11) is 3.26. The molecule has 0 bridgehead atoms. The van der Waals surface area contributed by atoms with Gasteiger partial charge in [-0.05, 0) is 40.8 Å². The predicted molar refractivity (Wildman–Crippen MR) is 143 cm³/mol. The number of nitrogens with zero attached hydrogens (tertiary/aromatic N) is 1. The number of nitrogens with two attached hydrogens (primary N) is 1. The number of guanidine groups is 1. The van der Waals surface area contributed by atoms with Crippen LogP contribution in [0.25, 0.3) is 0 Å². The Morgan fingerprint density at radius 2 is 1.39 bits per heavy atom. The van der Waals surface area contributed by atoms with Gasteiger partial charge in [0.05, 0.1) is 34.0 Å². The second kappa shape index (κ2) is 14.4. The number of hydrogen-bond donors (Lipinski definition) is 2. The molecule has 0 heterocycles. The summed E-state index contributed by atoms with van der Waals surface area (Å²) in [6, 6.07) is 24.3. The molecule has 33 heavy (non-hydrogen) atoms. The van der Waals surface area contributed by atoms with Gasteiger partial charge in [-0.1, -0.05) is 60.7 Å². The van der Waals surface area contributed by atoms with Crippen molar-refractivity contribution in [3.8, 4) is 11.5 Å². The lowest BCUT2D eigenvalue weighted by Crippen LogP contribution is -2.33. The Labute approximate surface area is 213 Å². The summed E-state index contributed by atoms with van der Waals surface area (Å²) in [5.74, 6) is 1.88. The summed E-state index contributed by atoms with van der Waals surface area (Å²) in [5.41, 5.74) is 10.6. The van der Waals surface area contributed by atoms with Gasteiger partial charge in [0, 0.05) is 6.54 Å². The minimum Gasteiger partial charge on any atom is -0.493 e. The number of aliphatic imine (C=N–C) groups is 1. The molecule has 0 spiro atoms. The number of nitrogens with one attached hydrogen (secondary N) is 1. The maximum atomic E-state index is 6.01. The molecule has 0 aliphatic carbocycles. The van der Waals surface area contributed by atoms with E-state index in [1.165, 1.54) is 5.56 Å². The lowest BCUT2D eigenvalue weighted by molar-refractivity contribution is 0.107. The van der Waals surface area contributed by atoms with Gasteiger partial charge in [-0.2, -0.15) is 0 Å². The number of benzene rings is 3. The van der Waals surface area contributed by atoms with E-state index in [1.807, 2.05) is 36.4 Å². The minimum atomic E-state index is 0. The topological polar surface area (TPSA) is 78.1 Å². The number of ether oxygens (including phenoxy) is 3. The quantitative estimate of drug-likeness (QED) is 0.202. The fourth-order valence-electron chi connectivity index (χ4n) is 3.21. The summed E-state index contributed by atoms with van der Waals surface area (Å²) < 4.78 is 16.4. The van der Waals surface area contributed by atoms with Gasteiger partial charge in [-0.15, -0.1) is 24.0 Å². The summed E-state index contributed by atoms with van der Waals surface area (Å²) in [6.07, 6.45) is 0.800. The number of methoxy groups -OCH3 is 2. The lowest BCUT2D eigenvalue weighted by Gasteiger charge is -2.10. The summed E-state index contributed by atoms with van der Waals surface area (Å²) in [6.45, 7) is 2.40. The zero-order valence-corrected chi connectivity index (χ0v) is 21.5. The third-order valence-corrected chi connectivity index (χ3v) is 5.00. The highest BCUT2D eigenvalue weighted by Gasteiger charge is 2.04. The van der Waals surface area contributed by atoms with E-state index in [4.69, 9.17) is 19.9 Å². The molecule has 3 N–H and O–H groups in total. The van der Waals surface area contributed by atoms with Crippen LogP contribution in [0.4, 0.5) is 0 Å². The maximum absolute atomic E-state index is 6.01. The number of rotatable bonds is 11. The van der Waals surface area contributed by atoms with E-state index >= 15 is 0 Å². The van der Waals surface area contributed by atoms with Gasteiger partial charge in [-0.25, -0.2) is 4.99 Å². The van der Waals surface area contributed by atoms with E-state index in [0.29, 0.717) is 32.3 Å². The predicted octanol–water partition coefficient (Wildman–Crippen LogP) is 4.69. The van der Waals surface area contributed by atoms with Crippen LogP contribution in [0, 0.1) is 0 Å². The Morgan fingerprint density at radius 1 is 0.788 bits per heavy atom. The highest BCUT2D eigenvalue weighted by atomic mass is 127. The van der Waals surface area contributed by atoms with Crippen LogP contribution < -0.4 is 20.5 Å². The van der Waals surface area contributed by atoms with Gasteiger partial charge in [0.25, 0.3) is 0 Å². The molecule has 0 saturated carbocycles. The first-order valence-corrected chi connectivity index (χ1v) is 10.6. The second-order valence-electron chi connectivity index (χ2n) is 7.36. The molecule has 0 unspecified atom stereocenters. The zero-order chi connectivity index (χ0) is 22.6.